The number of carbonyl (C=O) groups is 1. The fraction of sp³-hybridized carbons (Fsp3) is 0.357. The molecule has 6 nitrogen and oxygen atoms in total. The van der Waals surface area contributed by atoms with Gasteiger partial charge in [0.25, 0.3) is 0 Å². The van der Waals surface area contributed by atoms with Crippen molar-refractivity contribution in [1.82, 2.24) is 20.8 Å². The maximum absolute atomic E-state index is 13.2. The van der Waals surface area contributed by atoms with Gasteiger partial charge in [-0.25, -0.2) is 4.39 Å². The summed E-state index contributed by atoms with van der Waals surface area (Å²) in [4.78, 5) is 15.8. The van der Waals surface area contributed by atoms with Gasteiger partial charge in [-0.05, 0) is 26.1 Å². The molecule has 1 unspecified atom stereocenters. The summed E-state index contributed by atoms with van der Waals surface area (Å²) in [5.74, 6) is 0.0996. The molecule has 0 bridgehead atoms. The molecule has 0 fully saturated rings. The molecule has 0 aliphatic carbocycles. The number of hydrogen-bond acceptors (Lipinski definition) is 5. The molecule has 0 spiro atoms. The van der Waals surface area contributed by atoms with Crippen molar-refractivity contribution in [1.29, 1.82) is 0 Å². The maximum atomic E-state index is 13.2. The molecule has 112 valence electrons. The molecule has 0 saturated carbocycles. The van der Waals surface area contributed by atoms with Crippen molar-refractivity contribution in [3.05, 3.63) is 36.0 Å². The van der Waals surface area contributed by atoms with Gasteiger partial charge >= 0.3 is 0 Å². The highest BCUT2D eigenvalue weighted by Crippen LogP contribution is 2.19. The van der Waals surface area contributed by atoms with Crippen molar-refractivity contribution in [2.24, 2.45) is 0 Å². The number of benzene rings is 1. The highest BCUT2D eigenvalue weighted by atomic mass is 19.1. The standard InChI is InChI=1S/C14H17FN4O2/c1-9(17-12(20)6-7-16-2)14-18-13(19-21-14)10-4-3-5-11(15)8-10/h3-5,8-9,16H,6-7H2,1-2H3,(H,17,20). The Hall–Kier alpha value is -2.28. The summed E-state index contributed by atoms with van der Waals surface area (Å²) >= 11 is 0. The van der Waals surface area contributed by atoms with Crippen LogP contribution in [-0.4, -0.2) is 29.6 Å². The first-order chi connectivity index (χ1) is 10.1. The van der Waals surface area contributed by atoms with E-state index in [1.165, 1.54) is 12.1 Å². The summed E-state index contributed by atoms with van der Waals surface area (Å²) in [7, 11) is 1.78. The molecule has 0 aliphatic rings. The summed E-state index contributed by atoms with van der Waals surface area (Å²) in [5.41, 5.74) is 0.527. The number of amides is 1. The largest absolute Gasteiger partial charge is 0.345 e. The second kappa shape index (κ2) is 6.94. The van der Waals surface area contributed by atoms with Crippen LogP contribution in [0.3, 0.4) is 0 Å². The second-order valence-corrected chi connectivity index (χ2v) is 4.61. The predicted octanol–water partition coefficient (Wildman–Crippen LogP) is 1.66. The van der Waals surface area contributed by atoms with Crippen LogP contribution in [0.2, 0.25) is 0 Å². The van der Waals surface area contributed by atoms with Gasteiger partial charge in [-0.3, -0.25) is 4.79 Å². The van der Waals surface area contributed by atoms with Crippen molar-refractivity contribution in [2.45, 2.75) is 19.4 Å². The zero-order valence-electron chi connectivity index (χ0n) is 11.9. The van der Waals surface area contributed by atoms with Crippen molar-refractivity contribution in [3.63, 3.8) is 0 Å². The molecule has 7 heteroatoms. The van der Waals surface area contributed by atoms with Gasteiger partial charge in [0.15, 0.2) is 0 Å². The Kier molecular flexibility index (Phi) is 4.99. The minimum absolute atomic E-state index is 0.109. The van der Waals surface area contributed by atoms with Crippen LogP contribution < -0.4 is 10.6 Å². The molecule has 0 saturated heterocycles. The molecule has 1 amide bonds. The van der Waals surface area contributed by atoms with Crippen LogP contribution in [0.15, 0.2) is 28.8 Å². The Bertz CT molecular complexity index is 615. The predicted molar refractivity (Wildman–Crippen MR) is 74.8 cm³/mol. The van der Waals surface area contributed by atoms with E-state index < -0.39 is 6.04 Å². The number of hydrogen-bond donors (Lipinski definition) is 2. The number of aromatic nitrogens is 2. The van der Waals surface area contributed by atoms with E-state index in [0.29, 0.717) is 24.4 Å². The van der Waals surface area contributed by atoms with E-state index in [9.17, 15) is 9.18 Å². The van der Waals surface area contributed by atoms with Gasteiger partial charge in [0, 0.05) is 18.5 Å². The Labute approximate surface area is 121 Å². The molecule has 1 aromatic carbocycles. The van der Waals surface area contributed by atoms with E-state index in [1.54, 1.807) is 26.1 Å². The lowest BCUT2D eigenvalue weighted by molar-refractivity contribution is -0.121. The average molecular weight is 292 g/mol. The minimum atomic E-state index is -0.399. The van der Waals surface area contributed by atoms with Gasteiger partial charge in [-0.1, -0.05) is 17.3 Å². The van der Waals surface area contributed by atoms with Crippen LogP contribution in [0.4, 0.5) is 4.39 Å². The first-order valence-electron chi connectivity index (χ1n) is 6.63. The lowest BCUT2D eigenvalue weighted by Gasteiger charge is -2.09. The van der Waals surface area contributed by atoms with Crippen molar-refractivity contribution in [2.75, 3.05) is 13.6 Å². The topological polar surface area (TPSA) is 80.0 Å². The zero-order chi connectivity index (χ0) is 15.2. The first kappa shape index (κ1) is 15.1. The summed E-state index contributed by atoms with van der Waals surface area (Å²) in [6, 6.07) is 5.53. The number of nitrogens with one attached hydrogen (secondary N) is 2. The van der Waals surface area contributed by atoms with Gasteiger partial charge in [0.2, 0.25) is 17.6 Å². The Balaban J connectivity index is 2.04. The third-order valence-electron chi connectivity index (χ3n) is 2.87. The van der Waals surface area contributed by atoms with Crippen LogP contribution >= 0.6 is 0 Å². The van der Waals surface area contributed by atoms with Gasteiger partial charge in [-0.2, -0.15) is 4.98 Å². The Morgan fingerprint density at radius 2 is 2.29 bits per heavy atom. The number of rotatable bonds is 6. The second-order valence-electron chi connectivity index (χ2n) is 4.61. The fourth-order valence-corrected chi connectivity index (χ4v) is 1.77. The number of nitrogens with zero attached hydrogens (tertiary/aromatic N) is 2. The normalized spacial score (nSPS) is 12.1. The lowest BCUT2D eigenvalue weighted by atomic mass is 10.2. The highest BCUT2D eigenvalue weighted by Gasteiger charge is 2.17. The van der Waals surface area contributed by atoms with Crippen LogP contribution in [0.25, 0.3) is 11.4 Å². The quantitative estimate of drug-likeness (QED) is 0.846. The molecule has 2 aromatic rings. The molecule has 0 aliphatic heterocycles. The monoisotopic (exact) mass is 292 g/mol. The molecular formula is C14H17FN4O2. The number of halogens is 1. The minimum Gasteiger partial charge on any atom is -0.345 e. The van der Waals surface area contributed by atoms with E-state index >= 15 is 0 Å². The van der Waals surface area contributed by atoms with E-state index in [2.05, 4.69) is 20.8 Å². The first-order valence-corrected chi connectivity index (χ1v) is 6.63. The maximum Gasteiger partial charge on any atom is 0.249 e. The molecule has 1 heterocycles. The number of carbonyl (C=O) groups excluding carboxylic acids is 1. The molecule has 21 heavy (non-hydrogen) atoms. The SMILES string of the molecule is CNCCC(=O)NC(C)c1nc(-c2cccc(F)c2)no1. The van der Waals surface area contributed by atoms with Gasteiger partial charge < -0.3 is 15.2 Å². The zero-order valence-corrected chi connectivity index (χ0v) is 11.9. The molecule has 1 aromatic heterocycles. The smallest absolute Gasteiger partial charge is 0.249 e. The Morgan fingerprint density at radius 1 is 1.48 bits per heavy atom. The van der Waals surface area contributed by atoms with Crippen LogP contribution in [0, 0.1) is 5.82 Å². The molecule has 0 radical (unpaired) electrons. The lowest BCUT2D eigenvalue weighted by Crippen LogP contribution is -2.29. The van der Waals surface area contributed by atoms with E-state index in [1.807, 2.05) is 0 Å². The Morgan fingerprint density at radius 3 is 3.00 bits per heavy atom. The van der Waals surface area contributed by atoms with Gasteiger partial charge in [-0.15, -0.1) is 0 Å². The molecule has 2 rings (SSSR count). The van der Waals surface area contributed by atoms with Gasteiger partial charge in [0.1, 0.15) is 11.9 Å². The van der Waals surface area contributed by atoms with Gasteiger partial charge in [0.05, 0.1) is 0 Å². The van der Waals surface area contributed by atoms with Crippen LogP contribution in [0.1, 0.15) is 25.3 Å². The highest BCUT2D eigenvalue weighted by molar-refractivity contribution is 5.76. The van der Waals surface area contributed by atoms with Crippen molar-refractivity contribution >= 4 is 5.91 Å². The van der Waals surface area contributed by atoms with E-state index in [0.717, 1.165) is 0 Å². The third-order valence-corrected chi connectivity index (χ3v) is 2.87. The summed E-state index contributed by atoms with van der Waals surface area (Å²) < 4.78 is 18.3. The van der Waals surface area contributed by atoms with Crippen LogP contribution in [-0.2, 0) is 4.79 Å². The molecular weight excluding hydrogens is 275 g/mol. The van der Waals surface area contributed by atoms with E-state index in [-0.39, 0.29) is 17.6 Å². The molecule has 1 atom stereocenters. The fourth-order valence-electron chi connectivity index (χ4n) is 1.77. The van der Waals surface area contributed by atoms with Crippen molar-refractivity contribution in [3.8, 4) is 11.4 Å². The van der Waals surface area contributed by atoms with Crippen molar-refractivity contribution < 1.29 is 13.7 Å². The summed E-state index contributed by atoms with van der Waals surface area (Å²) in [6.45, 7) is 2.34. The van der Waals surface area contributed by atoms with E-state index in [4.69, 9.17) is 4.52 Å². The summed E-state index contributed by atoms with van der Waals surface area (Å²) in [5, 5.41) is 9.45. The summed E-state index contributed by atoms with van der Waals surface area (Å²) in [6.07, 6.45) is 0.367. The third kappa shape index (κ3) is 4.09. The molecule has 2 N–H and O–H groups in total. The average Bonchev–Trinajstić information content (AvgIpc) is 2.95. The van der Waals surface area contributed by atoms with Crippen LogP contribution in [0.5, 0.6) is 0 Å².